The highest BCUT2D eigenvalue weighted by Crippen LogP contribution is 2.13. The highest BCUT2D eigenvalue weighted by Gasteiger charge is 2.19. The molecule has 4 heteroatoms. The lowest BCUT2D eigenvalue weighted by molar-refractivity contribution is -0.123. The molecule has 0 aliphatic carbocycles. The van der Waals surface area contributed by atoms with Gasteiger partial charge in [-0.2, -0.15) is 0 Å². The molecule has 0 aromatic heterocycles. The molecular weight excluding hydrogens is 699 g/mol. The SMILES string of the molecule is CC/C=C\C/C=C\C/C=C\C/C=C\C/C=C\C/C=C\C/C=C\C/C=C\C/C=C\C/C=C\CCCCCCCCCCC(=O)NC(CO)C(O)CCCCCCCC. The van der Waals surface area contributed by atoms with Crippen LogP contribution in [0.4, 0.5) is 0 Å². The fraction of sp³-hybridized carbons (Fsp3) is 0.604. The fourth-order valence-electron chi connectivity index (χ4n) is 6.21. The number of carbonyl (C=O) groups is 1. The van der Waals surface area contributed by atoms with E-state index in [1.807, 2.05) is 0 Å². The van der Waals surface area contributed by atoms with Crippen molar-refractivity contribution in [3.63, 3.8) is 0 Å². The summed E-state index contributed by atoms with van der Waals surface area (Å²) in [5, 5.41) is 22.9. The zero-order chi connectivity index (χ0) is 41.4. The topological polar surface area (TPSA) is 69.6 Å². The van der Waals surface area contributed by atoms with Gasteiger partial charge in [0.05, 0.1) is 18.8 Å². The Morgan fingerprint density at radius 3 is 1.16 bits per heavy atom. The van der Waals surface area contributed by atoms with Crippen LogP contribution in [-0.4, -0.2) is 34.9 Å². The Balaban J connectivity index is 3.61. The molecule has 2 atom stereocenters. The standard InChI is InChI=1S/C53H87NO3/c1-3-5-7-9-11-12-13-14-15-16-17-18-19-20-21-22-23-24-25-26-27-28-29-30-31-32-33-34-35-36-37-38-39-40-41-42-43-45-47-49-53(57)54-51(50-55)52(56)48-46-44-10-8-6-4-2/h5,7,11-12,14-15,17-18,20-21,23-24,26-27,29-30,32-33,35-36,51-52,55-56H,3-4,6,8-10,13,16,19,22,25,28,31,34,37-50H2,1-2H3,(H,54,57)/b7-5-,12-11-,15-14-,18-17-,21-20-,24-23-,27-26-,30-29-,33-32-,36-35-. The normalized spacial score (nSPS) is 14.1. The van der Waals surface area contributed by atoms with Gasteiger partial charge >= 0.3 is 0 Å². The molecule has 0 heterocycles. The number of nitrogens with one attached hydrogen (secondary N) is 1. The predicted molar refractivity (Wildman–Crippen MR) is 252 cm³/mol. The monoisotopic (exact) mass is 786 g/mol. The molecule has 57 heavy (non-hydrogen) atoms. The van der Waals surface area contributed by atoms with Crippen molar-refractivity contribution in [2.24, 2.45) is 0 Å². The minimum Gasteiger partial charge on any atom is -0.394 e. The Labute approximate surface area is 352 Å². The number of aliphatic hydroxyl groups is 2. The van der Waals surface area contributed by atoms with Crippen LogP contribution in [0, 0.1) is 0 Å². The van der Waals surface area contributed by atoms with Crippen molar-refractivity contribution >= 4 is 5.91 Å². The minimum absolute atomic E-state index is 0.0521. The smallest absolute Gasteiger partial charge is 0.220 e. The fourth-order valence-corrected chi connectivity index (χ4v) is 6.21. The molecule has 0 aromatic carbocycles. The molecule has 0 aliphatic heterocycles. The molecule has 3 N–H and O–H groups in total. The summed E-state index contributed by atoms with van der Waals surface area (Å²) >= 11 is 0. The van der Waals surface area contributed by atoms with Gasteiger partial charge < -0.3 is 15.5 Å². The first-order valence-electron chi connectivity index (χ1n) is 23.2. The van der Waals surface area contributed by atoms with Crippen LogP contribution >= 0.6 is 0 Å². The summed E-state index contributed by atoms with van der Waals surface area (Å²) < 4.78 is 0. The second-order valence-corrected chi connectivity index (χ2v) is 15.1. The summed E-state index contributed by atoms with van der Waals surface area (Å²) in [7, 11) is 0. The molecule has 0 aromatic rings. The Hall–Kier alpha value is -3.21. The molecule has 322 valence electrons. The van der Waals surface area contributed by atoms with E-state index in [4.69, 9.17) is 0 Å². The van der Waals surface area contributed by atoms with Crippen LogP contribution in [0.25, 0.3) is 0 Å². The van der Waals surface area contributed by atoms with E-state index in [1.54, 1.807) is 0 Å². The molecule has 0 saturated carbocycles. The van der Waals surface area contributed by atoms with Crippen LogP contribution in [0.15, 0.2) is 122 Å². The molecule has 4 nitrogen and oxygen atoms in total. The second-order valence-electron chi connectivity index (χ2n) is 15.1. The van der Waals surface area contributed by atoms with Gasteiger partial charge in [-0.25, -0.2) is 0 Å². The van der Waals surface area contributed by atoms with Crippen molar-refractivity contribution in [2.75, 3.05) is 6.61 Å². The van der Waals surface area contributed by atoms with Gasteiger partial charge in [-0.15, -0.1) is 0 Å². The lowest BCUT2D eigenvalue weighted by Gasteiger charge is -2.22. The van der Waals surface area contributed by atoms with Crippen LogP contribution in [-0.2, 0) is 4.79 Å². The largest absolute Gasteiger partial charge is 0.394 e. The number of aliphatic hydroxyl groups excluding tert-OH is 2. The maximum Gasteiger partial charge on any atom is 0.220 e. The minimum atomic E-state index is -0.666. The van der Waals surface area contributed by atoms with Crippen molar-refractivity contribution < 1.29 is 15.0 Å². The predicted octanol–water partition coefficient (Wildman–Crippen LogP) is 15.0. The van der Waals surface area contributed by atoms with Gasteiger partial charge in [0.2, 0.25) is 5.91 Å². The highest BCUT2D eigenvalue weighted by atomic mass is 16.3. The maximum atomic E-state index is 12.3. The Morgan fingerprint density at radius 2 is 0.772 bits per heavy atom. The van der Waals surface area contributed by atoms with Crippen LogP contribution in [0.1, 0.15) is 187 Å². The van der Waals surface area contributed by atoms with E-state index in [2.05, 4.69) is 141 Å². The van der Waals surface area contributed by atoms with Gasteiger partial charge in [-0.05, 0) is 89.9 Å². The van der Waals surface area contributed by atoms with E-state index in [-0.39, 0.29) is 12.5 Å². The summed E-state index contributed by atoms with van der Waals surface area (Å²) in [6.45, 7) is 4.16. The molecule has 0 spiro atoms. The molecule has 0 rings (SSSR count). The van der Waals surface area contributed by atoms with Gasteiger partial charge in [0.15, 0.2) is 0 Å². The molecule has 0 radical (unpaired) electrons. The molecular formula is C53H87NO3. The zero-order valence-electron chi connectivity index (χ0n) is 36.8. The first-order valence-corrected chi connectivity index (χ1v) is 23.2. The van der Waals surface area contributed by atoms with Crippen molar-refractivity contribution in [3.05, 3.63) is 122 Å². The van der Waals surface area contributed by atoms with Gasteiger partial charge in [-0.3, -0.25) is 4.79 Å². The van der Waals surface area contributed by atoms with E-state index < -0.39 is 12.1 Å². The molecule has 0 fully saturated rings. The average molecular weight is 786 g/mol. The average Bonchev–Trinajstić information content (AvgIpc) is 3.22. The number of hydrogen-bond acceptors (Lipinski definition) is 3. The molecule has 0 saturated heterocycles. The third-order valence-corrected chi connectivity index (χ3v) is 9.74. The molecule has 2 unspecified atom stereocenters. The van der Waals surface area contributed by atoms with E-state index in [0.717, 1.165) is 96.3 Å². The van der Waals surface area contributed by atoms with E-state index in [0.29, 0.717) is 12.8 Å². The lowest BCUT2D eigenvalue weighted by Crippen LogP contribution is -2.45. The molecule has 0 aliphatic rings. The van der Waals surface area contributed by atoms with Crippen molar-refractivity contribution in [3.8, 4) is 0 Å². The van der Waals surface area contributed by atoms with Gasteiger partial charge in [-0.1, -0.05) is 212 Å². The molecule has 1 amide bonds. The van der Waals surface area contributed by atoms with Gasteiger partial charge in [0.25, 0.3) is 0 Å². The van der Waals surface area contributed by atoms with Crippen LogP contribution in [0.3, 0.4) is 0 Å². The summed E-state index contributed by atoms with van der Waals surface area (Å²) in [5.41, 5.74) is 0. The number of hydrogen-bond donors (Lipinski definition) is 3. The van der Waals surface area contributed by atoms with E-state index in [9.17, 15) is 15.0 Å². The maximum absolute atomic E-state index is 12.3. The summed E-state index contributed by atoms with van der Waals surface area (Å²) in [6, 6.07) is -0.545. The first-order chi connectivity index (χ1) is 28.2. The Bertz CT molecular complexity index is 1160. The summed E-state index contributed by atoms with van der Waals surface area (Å²) in [4.78, 5) is 12.3. The van der Waals surface area contributed by atoms with Crippen LogP contribution in [0.5, 0.6) is 0 Å². The summed E-state index contributed by atoms with van der Waals surface area (Å²) in [5.74, 6) is -0.0521. The van der Waals surface area contributed by atoms with Crippen molar-refractivity contribution in [1.82, 2.24) is 5.32 Å². The summed E-state index contributed by atoms with van der Waals surface area (Å²) in [6.07, 6.45) is 73.1. The number of amides is 1. The van der Waals surface area contributed by atoms with Crippen molar-refractivity contribution in [1.29, 1.82) is 0 Å². The second kappa shape index (κ2) is 47.2. The zero-order valence-corrected chi connectivity index (χ0v) is 36.8. The van der Waals surface area contributed by atoms with Gasteiger partial charge in [0.1, 0.15) is 0 Å². The molecule has 0 bridgehead atoms. The van der Waals surface area contributed by atoms with E-state index >= 15 is 0 Å². The number of carbonyl (C=O) groups excluding carboxylic acids is 1. The number of rotatable bonds is 40. The third kappa shape index (κ3) is 43.8. The Kier molecular flexibility index (Phi) is 44.5. The van der Waals surface area contributed by atoms with E-state index in [1.165, 1.54) is 64.2 Å². The highest BCUT2D eigenvalue weighted by molar-refractivity contribution is 5.76. The third-order valence-electron chi connectivity index (χ3n) is 9.74. The van der Waals surface area contributed by atoms with Crippen LogP contribution < -0.4 is 5.32 Å². The number of unbranched alkanes of at least 4 members (excludes halogenated alkanes) is 13. The Morgan fingerprint density at radius 1 is 0.439 bits per heavy atom. The number of allylic oxidation sites excluding steroid dienone is 20. The van der Waals surface area contributed by atoms with Gasteiger partial charge in [0, 0.05) is 6.42 Å². The van der Waals surface area contributed by atoms with Crippen LogP contribution in [0.2, 0.25) is 0 Å². The quantitative estimate of drug-likeness (QED) is 0.0428. The lowest BCUT2D eigenvalue weighted by atomic mass is 10.0. The van der Waals surface area contributed by atoms with Crippen molar-refractivity contribution in [2.45, 2.75) is 199 Å². The first kappa shape index (κ1) is 53.8.